The van der Waals surface area contributed by atoms with Crippen molar-refractivity contribution in [1.82, 2.24) is 0 Å². The van der Waals surface area contributed by atoms with Gasteiger partial charge in [-0.15, -0.1) is 0 Å². The first-order valence-corrected chi connectivity index (χ1v) is 3.70. The van der Waals surface area contributed by atoms with Crippen LogP contribution in [0, 0.1) is 0 Å². The summed E-state index contributed by atoms with van der Waals surface area (Å²) in [6.07, 6.45) is 1.01. The Bertz CT molecular complexity index is 245. The van der Waals surface area contributed by atoms with Crippen LogP contribution in [0.1, 0.15) is 12.5 Å². The van der Waals surface area contributed by atoms with Crippen LogP contribution in [0.25, 0.3) is 0 Å². The van der Waals surface area contributed by atoms with E-state index in [-0.39, 0.29) is 0 Å². The van der Waals surface area contributed by atoms with Gasteiger partial charge in [0.05, 0.1) is 12.8 Å². The normalized spacial score (nSPS) is 9.64. The van der Waals surface area contributed by atoms with Gasteiger partial charge in [-0.25, -0.2) is 0 Å². The van der Waals surface area contributed by atoms with Gasteiger partial charge in [-0.3, -0.25) is 0 Å². The lowest BCUT2D eigenvalue weighted by Crippen LogP contribution is -1.93. The molecule has 60 valence electrons. The van der Waals surface area contributed by atoms with E-state index in [4.69, 9.17) is 10.5 Å². The second-order valence-electron chi connectivity index (χ2n) is 2.43. The van der Waals surface area contributed by atoms with Crippen LogP contribution in [0.5, 0.6) is 5.75 Å². The van der Waals surface area contributed by atoms with Gasteiger partial charge in [-0.1, -0.05) is 13.0 Å². The van der Waals surface area contributed by atoms with Crippen LogP contribution in [0.2, 0.25) is 0 Å². The van der Waals surface area contributed by atoms with Crippen LogP contribution < -0.4 is 10.5 Å². The van der Waals surface area contributed by atoms with Gasteiger partial charge in [0.15, 0.2) is 0 Å². The fraction of sp³-hybridized carbons (Fsp3) is 0.333. The fourth-order valence-corrected chi connectivity index (χ4v) is 1.00. The van der Waals surface area contributed by atoms with E-state index in [2.05, 4.69) is 6.92 Å². The highest BCUT2D eigenvalue weighted by atomic mass is 16.5. The maximum atomic E-state index is 5.68. The molecule has 0 aliphatic rings. The molecule has 2 N–H and O–H groups in total. The van der Waals surface area contributed by atoms with Gasteiger partial charge in [-0.2, -0.15) is 0 Å². The Hall–Kier alpha value is -1.18. The van der Waals surface area contributed by atoms with E-state index >= 15 is 0 Å². The first-order valence-electron chi connectivity index (χ1n) is 3.70. The van der Waals surface area contributed by atoms with E-state index in [0.29, 0.717) is 5.69 Å². The average molecular weight is 151 g/mol. The van der Waals surface area contributed by atoms with Gasteiger partial charge < -0.3 is 10.5 Å². The van der Waals surface area contributed by atoms with Crippen molar-refractivity contribution in [2.75, 3.05) is 12.8 Å². The van der Waals surface area contributed by atoms with Gasteiger partial charge in [0, 0.05) is 0 Å². The molecule has 1 aromatic carbocycles. The topological polar surface area (TPSA) is 35.2 Å². The smallest absolute Gasteiger partial charge is 0.141 e. The van der Waals surface area contributed by atoms with Crippen molar-refractivity contribution in [1.29, 1.82) is 0 Å². The molecule has 2 nitrogen and oxygen atoms in total. The number of ether oxygens (including phenoxy) is 1. The van der Waals surface area contributed by atoms with Gasteiger partial charge in [0.25, 0.3) is 0 Å². The summed E-state index contributed by atoms with van der Waals surface area (Å²) in [7, 11) is 1.62. The molecule has 0 radical (unpaired) electrons. The predicted molar refractivity (Wildman–Crippen MR) is 46.8 cm³/mol. The molecule has 0 aromatic heterocycles. The fourth-order valence-electron chi connectivity index (χ4n) is 1.00. The summed E-state index contributed by atoms with van der Waals surface area (Å²) in [5, 5.41) is 0. The molecular formula is C9H13NO. The van der Waals surface area contributed by atoms with E-state index in [1.165, 1.54) is 5.56 Å². The number of hydrogen-bond acceptors (Lipinski definition) is 2. The maximum absolute atomic E-state index is 5.68. The minimum atomic E-state index is 0.715. The SMILES string of the molecule is CCc1ccc(OC)c(N)c1. The number of rotatable bonds is 2. The van der Waals surface area contributed by atoms with Crippen LogP contribution in [-0.4, -0.2) is 7.11 Å². The molecule has 1 aromatic rings. The van der Waals surface area contributed by atoms with Gasteiger partial charge in [-0.05, 0) is 24.1 Å². The zero-order valence-corrected chi connectivity index (χ0v) is 6.92. The molecule has 11 heavy (non-hydrogen) atoms. The number of anilines is 1. The quantitative estimate of drug-likeness (QED) is 0.654. The summed E-state index contributed by atoms with van der Waals surface area (Å²) < 4.78 is 5.02. The van der Waals surface area contributed by atoms with Crippen molar-refractivity contribution in [2.24, 2.45) is 0 Å². The Labute approximate surface area is 67.0 Å². The van der Waals surface area contributed by atoms with Crippen molar-refractivity contribution >= 4 is 5.69 Å². The largest absolute Gasteiger partial charge is 0.495 e. The molecule has 0 saturated heterocycles. The Morgan fingerprint density at radius 3 is 2.64 bits per heavy atom. The molecule has 0 heterocycles. The summed E-state index contributed by atoms with van der Waals surface area (Å²) in [5.74, 6) is 0.752. The number of nitrogens with two attached hydrogens (primary N) is 1. The molecule has 0 spiro atoms. The maximum Gasteiger partial charge on any atom is 0.141 e. The van der Waals surface area contributed by atoms with Crippen molar-refractivity contribution in [2.45, 2.75) is 13.3 Å². The van der Waals surface area contributed by atoms with E-state index in [1.54, 1.807) is 7.11 Å². The molecule has 0 aliphatic heterocycles. The van der Waals surface area contributed by atoms with Crippen LogP contribution in [0.15, 0.2) is 18.2 Å². The Balaban J connectivity index is 2.99. The second kappa shape index (κ2) is 3.28. The minimum absolute atomic E-state index is 0.715. The van der Waals surface area contributed by atoms with Crippen molar-refractivity contribution in [3.05, 3.63) is 23.8 Å². The zero-order valence-electron chi connectivity index (χ0n) is 6.92. The van der Waals surface area contributed by atoms with Gasteiger partial charge >= 0.3 is 0 Å². The Kier molecular flexibility index (Phi) is 2.36. The molecule has 0 fully saturated rings. The monoisotopic (exact) mass is 151 g/mol. The van der Waals surface area contributed by atoms with Gasteiger partial charge in [0.2, 0.25) is 0 Å². The summed E-state index contributed by atoms with van der Waals surface area (Å²) in [6, 6.07) is 5.86. The molecule has 0 amide bonds. The molecule has 1 rings (SSSR count). The van der Waals surface area contributed by atoms with Crippen LogP contribution in [0.4, 0.5) is 5.69 Å². The standard InChI is InChI=1S/C9H13NO/c1-3-7-4-5-9(11-2)8(10)6-7/h4-6H,3,10H2,1-2H3. The highest BCUT2D eigenvalue weighted by Gasteiger charge is 1.97. The van der Waals surface area contributed by atoms with Crippen molar-refractivity contribution < 1.29 is 4.74 Å². The second-order valence-corrected chi connectivity index (χ2v) is 2.43. The number of methoxy groups -OCH3 is 1. The average Bonchev–Trinajstić information content (AvgIpc) is 2.04. The van der Waals surface area contributed by atoms with E-state index in [1.807, 2.05) is 18.2 Å². The number of hydrogen-bond donors (Lipinski definition) is 1. The van der Waals surface area contributed by atoms with Crippen molar-refractivity contribution in [3.63, 3.8) is 0 Å². The van der Waals surface area contributed by atoms with Crippen molar-refractivity contribution in [3.8, 4) is 5.75 Å². The number of nitrogen functional groups attached to an aromatic ring is 1. The Morgan fingerprint density at radius 2 is 2.18 bits per heavy atom. The summed E-state index contributed by atoms with van der Waals surface area (Å²) in [4.78, 5) is 0. The first-order chi connectivity index (χ1) is 5.27. The summed E-state index contributed by atoms with van der Waals surface area (Å²) >= 11 is 0. The molecular weight excluding hydrogens is 138 g/mol. The molecule has 0 aliphatic carbocycles. The third-order valence-corrected chi connectivity index (χ3v) is 1.70. The Morgan fingerprint density at radius 1 is 1.45 bits per heavy atom. The number of aryl methyl sites for hydroxylation is 1. The zero-order chi connectivity index (χ0) is 8.27. The van der Waals surface area contributed by atoms with Crippen LogP contribution >= 0.6 is 0 Å². The minimum Gasteiger partial charge on any atom is -0.495 e. The predicted octanol–water partition coefficient (Wildman–Crippen LogP) is 1.84. The lowest BCUT2D eigenvalue weighted by Gasteiger charge is -2.04. The summed E-state index contributed by atoms with van der Waals surface area (Å²) in [6.45, 7) is 2.10. The van der Waals surface area contributed by atoms with E-state index in [9.17, 15) is 0 Å². The third-order valence-electron chi connectivity index (χ3n) is 1.70. The highest BCUT2D eigenvalue weighted by molar-refractivity contribution is 5.54. The van der Waals surface area contributed by atoms with Gasteiger partial charge in [0.1, 0.15) is 5.75 Å². The summed E-state index contributed by atoms with van der Waals surface area (Å²) in [5.41, 5.74) is 7.64. The number of benzene rings is 1. The molecule has 0 atom stereocenters. The highest BCUT2D eigenvalue weighted by Crippen LogP contribution is 2.21. The molecule has 2 heteroatoms. The lowest BCUT2D eigenvalue weighted by atomic mass is 10.1. The lowest BCUT2D eigenvalue weighted by molar-refractivity contribution is 0.417. The van der Waals surface area contributed by atoms with Crippen LogP contribution in [0.3, 0.4) is 0 Å². The molecule has 0 saturated carbocycles. The van der Waals surface area contributed by atoms with E-state index < -0.39 is 0 Å². The third kappa shape index (κ3) is 1.64. The van der Waals surface area contributed by atoms with Crippen LogP contribution in [-0.2, 0) is 6.42 Å². The first kappa shape index (κ1) is 7.92. The molecule has 0 bridgehead atoms. The van der Waals surface area contributed by atoms with E-state index in [0.717, 1.165) is 12.2 Å². The molecule has 0 unspecified atom stereocenters.